The minimum absolute atomic E-state index is 0.0386. The molecule has 1 aromatic carbocycles. The summed E-state index contributed by atoms with van der Waals surface area (Å²) in [6.07, 6.45) is 5.19. The van der Waals surface area contributed by atoms with Crippen LogP contribution < -0.4 is 0 Å². The maximum atomic E-state index is 5.88. The molecule has 5 nitrogen and oxygen atoms in total. The van der Waals surface area contributed by atoms with Crippen LogP contribution in [0.15, 0.2) is 36.7 Å². The van der Waals surface area contributed by atoms with Crippen molar-refractivity contribution < 1.29 is 4.74 Å². The maximum Gasteiger partial charge on any atom is 0.166 e. The molecule has 5 heteroatoms. The summed E-state index contributed by atoms with van der Waals surface area (Å²) in [5.74, 6) is 0.739. The third-order valence-corrected chi connectivity index (χ3v) is 4.09. The Morgan fingerprint density at radius 1 is 1.14 bits per heavy atom. The number of ether oxygens (including phenoxy) is 1. The molecule has 2 aromatic heterocycles. The smallest absolute Gasteiger partial charge is 0.166 e. The summed E-state index contributed by atoms with van der Waals surface area (Å²) in [5, 5.41) is 0. The molecule has 3 heterocycles. The second-order valence-electron chi connectivity index (χ2n) is 5.64. The molecule has 0 spiro atoms. The van der Waals surface area contributed by atoms with Gasteiger partial charge in [0.05, 0.1) is 12.0 Å². The van der Waals surface area contributed by atoms with E-state index in [-0.39, 0.29) is 6.23 Å². The van der Waals surface area contributed by atoms with E-state index < -0.39 is 0 Å². The molecule has 1 aliphatic heterocycles. The summed E-state index contributed by atoms with van der Waals surface area (Å²) < 4.78 is 7.93. The molecule has 112 valence electrons. The monoisotopic (exact) mass is 294 g/mol. The maximum absolute atomic E-state index is 5.88. The van der Waals surface area contributed by atoms with Crippen LogP contribution >= 0.6 is 0 Å². The van der Waals surface area contributed by atoms with Gasteiger partial charge in [0.2, 0.25) is 0 Å². The van der Waals surface area contributed by atoms with Crippen LogP contribution in [-0.2, 0) is 4.74 Å². The summed E-state index contributed by atoms with van der Waals surface area (Å²) in [5.41, 5.74) is 3.63. The van der Waals surface area contributed by atoms with E-state index in [1.54, 1.807) is 0 Å². The zero-order valence-electron chi connectivity index (χ0n) is 12.6. The van der Waals surface area contributed by atoms with Gasteiger partial charge in [0, 0.05) is 12.2 Å². The first-order valence-corrected chi connectivity index (χ1v) is 7.71. The second kappa shape index (κ2) is 5.50. The Kier molecular flexibility index (Phi) is 3.35. The molecule has 1 aliphatic rings. The SMILES string of the molecule is Cc1nc(-c2ccccc2)nc2c1ncn2C1CCCCO1. The van der Waals surface area contributed by atoms with Crippen molar-refractivity contribution >= 4 is 11.2 Å². The van der Waals surface area contributed by atoms with Crippen molar-refractivity contribution in [2.24, 2.45) is 0 Å². The van der Waals surface area contributed by atoms with Crippen molar-refractivity contribution in [2.75, 3.05) is 6.61 Å². The zero-order valence-corrected chi connectivity index (χ0v) is 12.6. The molecule has 0 bridgehead atoms. The minimum atomic E-state index is 0.0386. The Bertz CT molecular complexity index is 791. The Morgan fingerprint density at radius 3 is 2.77 bits per heavy atom. The molecular weight excluding hydrogens is 276 g/mol. The molecule has 0 N–H and O–H groups in total. The molecule has 0 saturated carbocycles. The summed E-state index contributed by atoms with van der Waals surface area (Å²) in [6, 6.07) is 10.0. The second-order valence-corrected chi connectivity index (χ2v) is 5.64. The van der Waals surface area contributed by atoms with E-state index in [9.17, 15) is 0 Å². The average molecular weight is 294 g/mol. The van der Waals surface area contributed by atoms with Gasteiger partial charge >= 0.3 is 0 Å². The van der Waals surface area contributed by atoms with Gasteiger partial charge in [-0.1, -0.05) is 30.3 Å². The van der Waals surface area contributed by atoms with Crippen molar-refractivity contribution in [1.29, 1.82) is 0 Å². The molecule has 1 atom stereocenters. The molecule has 1 fully saturated rings. The van der Waals surface area contributed by atoms with Gasteiger partial charge in [-0.2, -0.15) is 0 Å². The number of nitrogens with zero attached hydrogens (tertiary/aromatic N) is 4. The van der Waals surface area contributed by atoms with E-state index in [2.05, 4.69) is 14.5 Å². The Balaban J connectivity index is 1.84. The first-order valence-electron chi connectivity index (χ1n) is 7.71. The first-order chi connectivity index (χ1) is 10.8. The fourth-order valence-electron chi connectivity index (χ4n) is 2.93. The predicted molar refractivity (Wildman–Crippen MR) is 84.3 cm³/mol. The number of hydrogen-bond donors (Lipinski definition) is 0. The molecule has 22 heavy (non-hydrogen) atoms. The van der Waals surface area contributed by atoms with Gasteiger partial charge in [0.1, 0.15) is 11.7 Å². The van der Waals surface area contributed by atoms with Gasteiger partial charge in [-0.15, -0.1) is 0 Å². The fraction of sp³-hybridized carbons (Fsp3) is 0.353. The third kappa shape index (κ3) is 2.27. The van der Waals surface area contributed by atoms with Crippen LogP contribution in [0, 0.1) is 6.92 Å². The topological polar surface area (TPSA) is 52.8 Å². The Hall–Kier alpha value is -2.27. The summed E-state index contributed by atoms with van der Waals surface area (Å²) >= 11 is 0. The van der Waals surface area contributed by atoms with Gasteiger partial charge < -0.3 is 4.74 Å². The van der Waals surface area contributed by atoms with Crippen LogP contribution in [0.3, 0.4) is 0 Å². The number of imidazole rings is 1. The number of benzene rings is 1. The van der Waals surface area contributed by atoms with Gasteiger partial charge in [-0.3, -0.25) is 4.57 Å². The van der Waals surface area contributed by atoms with Crippen LogP contribution in [0.25, 0.3) is 22.6 Å². The first kappa shape index (κ1) is 13.4. The molecule has 1 saturated heterocycles. The lowest BCUT2D eigenvalue weighted by Gasteiger charge is -2.23. The van der Waals surface area contributed by atoms with E-state index in [1.165, 1.54) is 6.42 Å². The van der Waals surface area contributed by atoms with Crippen molar-refractivity contribution in [1.82, 2.24) is 19.5 Å². The van der Waals surface area contributed by atoms with E-state index in [0.717, 1.165) is 47.7 Å². The van der Waals surface area contributed by atoms with Crippen molar-refractivity contribution in [3.63, 3.8) is 0 Å². The summed E-state index contributed by atoms with van der Waals surface area (Å²) in [4.78, 5) is 13.8. The Morgan fingerprint density at radius 2 is 2.00 bits per heavy atom. The molecular formula is C17H18N4O. The number of aromatic nitrogens is 4. The van der Waals surface area contributed by atoms with E-state index in [1.807, 2.05) is 43.6 Å². The third-order valence-electron chi connectivity index (χ3n) is 4.09. The molecule has 1 unspecified atom stereocenters. The van der Waals surface area contributed by atoms with Crippen molar-refractivity contribution in [3.8, 4) is 11.4 Å². The largest absolute Gasteiger partial charge is 0.358 e. The lowest BCUT2D eigenvalue weighted by molar-refractivity contribution is -0.0298. The van der Waals surface area contributed by atoms with E-state index >= 15 is 0 Å². The zero-order chi connectivity index (χ0) is 14.9. The van der Waals surface area contributed by atoms with Crippen LogP contribution in [0.4, 0.5) is 0 Å². The van der Waals surface area contributed by atoms with E-state index in [4.69, 9.17) is 9.72 Å². The van der Waals surface area contributed by atoms with Crippen LogP contribution in [0.5, 0.6) is 0 Å². The summed E-state index contributed by atoms with van der Waals surface area (Å²) in [7, 11) is 0. The highest BCUT2D eigenvalue weighted by atomic mass is 16.5. The molecule has 0 amide bonds. The lowest BCUT2D eigenvalue weighted by Crippen LogP contribution is -2.17. The molecule has 4 rings (SSSR count). The van der Waals surface area contributed by atoms with Gasteiger partial charge in [-0.05, 0) is 26.2 Å². The van der Waals surface area contributed by atoms with Gasteiger partial charge in [-0.25, -0.2) is 15.0 Å². The fourth-order valence-corrected chi connectivity index (χ4v) is 2.93. The van der Waals surface area contributed by atoms with Crippen LogP contribution in [0.1, 0.15) is 31.2 Å². The molecule has 3 aromatic rings. The van der Waals surface area contributed by atoms with Crippen molar-refractivity contribution in [3.05, 3.63) is 42.4 Å². The highest BCUT2D eigenvalue weighted by Crippen LogP contribution is 2.27. The number of fused-ring (bicyclic) bond motifs is 1. The van der Waals surface area contributed by atoms with Crippen molar-refractivity contribution in [2.45, 2.75) is 32.4 Å². The van der Waals surface area contributed by atoms with Crippen LogP contribution in [0.2, 0.25) is 0 Å². The molecule has 0 radical (unpaired) electrons. The minimum Gasteiger partial charge on any atom is -0.358 e. The average Bonchev–Trinajstić information content (AvgIpc) is 3.01. The standard InChI is InChI=1S/C17H18N4O/c1-12-15-17(20-16(19-12)13-7-3-2-4-8-13)21(11-18-15)14-9-5-6-10-22-14/h2-4,7-8,11,14H,5-6,9-10H2,1H3. The van der Waals surface area contributed by atoms with Gasteiger partial charge in [0.25, 0.3) is 0 Å². The highest BCUT2D eigenvalue weighted by Gasteiger charge is 2.20. The van der Waals surface area contributed by atoms with Gasteiger partial charge in [0.15, 0.2) is 11.5 Å². The molecule has 0 aliphatic carbocycles. The lowest BCUT2D eigenvalue weighted by atomic mass is 10.2. The van der Waals surface area contributed by atoms with Crippen LogP contribution in [-0.4, -0.2) is 26.1 Å². The Labute approximate surface area is 129 Å². The van der Waals surface area contributed by atoms with E-state index in [0.29, 0.717) is 0 Å². The number of hydrogen-bond acceptors (Lipinski definition) is 4. The predicted octanol–water partition coefficient (Wildman–Crippen LogP) is 3.50. The summed E-state index contributed by atoms with van der Waals surface area (Å²) in [6.45, 7) is 2.79. The number of rotatable bonds is 2. The quantitative estimate of drug-likeness (QED) is 0.726. The number of aryl methyl sites for hydroxylation is 1. The highest BCUT2D eigenvalue weighted by molar-refractivity contribution is 5.76. The normalized spacial score (nSPS) is 18.7.